The number of nitrogens with two attached hydrogens (primary N) is 1. The third-order valence-corrected chi connectivity index (χ3v) is 11.1. The SMILES string of the molecule is CC1=C(C2([SiH](C)C)C3CC4CC(C3)CC2(C(N)=O)C4)C(C)C=C1. The second kappa shape index (κ2) is 4.84. The third-order valence-electron chi connectivity index (χ3n) is 7.96. The lowest BCUT2D eigenvalue weighted by molar-refractivity contribution is -0.150. The molecule has 23 heavy (non-hydrogen) atoms. The van der Waals surface area contributed by atoms with Gasteiger partial charge in [-0.3, -0.25) is 4.79 Å². The summed E-state index contributed by atoms with van der Waals surface area (Å²) in [6.07, 6.45) is 10.8. The topological polar surface area (TPSA) is 43.1 Å². The van der Waals surface area contributed by atoms with Crippen molar-refractivity contribution in [2.75, 3.05) is 0 Å². The largest absolute Gasteiger partial charge is 0.369 e. The molecule has 4 atom stereocenters. The van der Waals surface area contributed by atoms with E-state index in [9.17, 15) is 4.79 Å². The average Bonchev–Trinajstić information content (AvgIpc) is 2.78. The predicted octanol–water partition coefficient (Wildman–Crippen LogP) is 4.05. The number of amides is 1. The van der Waals surface area contributed by atoms with E-state index in [1.807, 2.05) is 0 Å². The van der Waals surface area contributed by atoms with Crippen molar-refractivity contribution in [1.29, 1.82) is 0 Å². The van der Waals surface area contributed by atoms with Gasteiger partial charge >= 0.3 is 0 Å². The van der Waals surface area contributed by atoms with Crippen LogP contribution < -0.4 is 5.73 Å². The summed E-state index contributed by atoms with van der Waals surface area (Å²) in [5, 5.41) is 0.124. The number of hydrogen-bond acceptors (Lipinski definition) is 1. The van der Waals surface area contributed by atoms with E-state index in [0.29, 0.717) is 11.8 Å². The lowest BCUT2D eigenvalue weighted by Crippen LogP contribution is -2.65. The van der Waals surface area contributed by atoms with Crippen LogP contribution in [0.3, 0.4) is 0 Å². The van der Waals surface area contributed by atoms with Crippen LogP contribution in [-0.2, 0) is 4.79 Å². The fraction of sp³-hybridized carbons (Fsp3) is 0.750. The van der Waals surface area contributed by atoms with Crippen LogP contribution in [0.5, 0.6) is 0 Å². The van der Waals surface area contributed by atoms with Crippen molar-refractivity contribution >= 4 is 14.7 Å². The van der Waals surface area contributed by atoms with Crippen LogP contribution in [0.4, 0.5) is 0 Å². The molecule has 2 nitrogen and oxygen atoms in total. The molecule has 0 spiro atoms. The van der Waals surface area contributed by atoms with Gasteiger partial charge in [-0.2, -0.15) is 0 Å². The van der Waals surface area contributed by atoms with Crippen LogP contribution in [0.2, 0.25) is 18.1 Å². The van der Waals surface area contributed by atoms with Crippen LogP contribution in [0.25, 0.3) is 0 Å². The fourth-order valence-corrected chi connectivity index (χ4v) is 11.6. The summed E-state index contributed by atoms with van der Waals surface area (Å²) in [4.78, 5) is 12.9. The van der Waals surface area contributed by atoms with Crippen LogP contribution in [0, 0.1) is 29.1 Å². The van der Waals surface area contributed by atoms with Crippen molar-refractivity contribution in [1.82, 2.24) is 0 Å². The highest BCUT2D eigenvalue weighted by Crippen LogP contribution is 2.77. The molecule has 126 valence electrons. The quantitative estimate of drug-likeness (QED) is 0.780. The molecule has 4 fully saturated rings. The summed E-state index contributed by atoms with van der Waals surface area (Å²) < 4.78 is 0. The van der Waals surface area contributed by atoms with Crippen molar-refractivity contribution in [3.05, 3.63) is 23.3 Å². The minimum absolute atomic E-state index is 0.0252. The monoisotopic (exact) mass is 329 g/mol. The van der Waals surface area contributed by atoms with Gasteiger partial charge < -0.3 is 5.73 Å². The van der Waals surface area contributed by atoms with E-state index in [1.54, 1.807) is 5.57 Å². The van der Waals surface area contributed by atoms with E-state index < -0.39 is 8.80 Å². The molecule has 0 radical (unpaired) electrons. The summed E-state index contributed by atoms with van der Waals surface area (Å²) in [5.74, 6) is 2.73. The first kappa shape index (κ1) is 15.7. The van der Waals surface area contributed by atoms with Gasteiger partial charge in [-0.15, -0.1) is 0 Å². The Hall–Kier alpha value is -0.833. The maximum absolute atomic E-state index is 12.9. The van der Waals surface area contributed by atoms with Crippen LogP contribution in [0.15, 0.2) is 23.3 Å². The standard InChI is InChI=1S/C20H31NOSi/c1-12-5-6-13(2)17(12)20(23(3)4)16-8-14-7-15(9-16)11-19(20,10-14)18(21)22/h5-6,12,14-16,23H,7-11H2,1-4H3,(H2,21,22). The van der Waals surface area contributed by atoms with Crippen molar-refractivity contribution in [3.63, 3.8) is 0 Å². The van der Waals surface area contributed by atoms with E-state index in [1.165, 1.54) is 24.8 Å². The Kier molecular flexibility index (Phi) is 3.30. The molecule has 4 saturated carbocycles. The highest BCUT2D eigenvalue weighted by Gasteiger charge is 2.70. The van der Waals surface area contributed by atoms with Gasteiger partial charge in [0.05, 0.1) is 5.41 Å². The molecule has 5 rings (SSSR count). The number of primary amides is 1. The summed E-state index contributed by atoms with van der Waals surface area (Å²) in [7, 11) is -1.13. The number of carbonyl (C=O) groups excluding carboxylic acids is 1. The van der Waals surface area contributed by atoms with E-state index in [4.69, 9.17) is 5.73 Å². The fourth-order valence-electron chi connectivity index (χ4n) is 7.82. The highest BCUT2D eigenvalue weighted by atomic mass is 28.3. The van der Waals surface area contributed by atoms with Crippen LogP contribution in [-0.4, -0.2) is 14.7 Å². The number of allylic oxidation sites excluding steroid dienone is 4. The van der Waals surface area contributed by atoms with Gasteiger partial charge in [-0.05, 0) is 62.7 Å². The van der Waals surface area contributed by atoms with E-state index in [0.717, 1.165) is 24.7 Å². The molecule has 0 aromatic heterocycles. The normalized spacial score (nSPS) is 47.9. The second-order valence-corrected chi connectivity index (χ2v) is 12.5. The van der Waals surface area contributed by atoms with Crippen molar-refractivity contribution in [2.24, 2.45) is 34.8 Å². The second-order valence-electron chi connectivity index (χ2n) is 9.26. The first-order chi connectivity index (χ1) is 10.8. The van der Waals surface area contributed by atoms with Crippen molar-refractivity contribution < 1.29 is 4.79 Å². The molecule has 0 heterocycles. The van der Waals surface area contributed by atoms with Crippen molar-refractivity contribution in [3.8, 4) is 0 Å². The lowest BCUT2D eigenvalue weighted by atomic mass is 9.42. The Morgan fingerprint density at radius 3 is 2.26 bits per heavy atom. The Bertz CT molecular complexity index is 605. The maximum Gasteiger partial charge on any atom is 0.224 e. The third kappa shape index (κ3) is 1.72. The Morgan fingerprint density at radius 1 is 1.22 bits per heavy atom. The van der Waals surface area contributed by atoms with Gasteiger partial charge in [-0.1, -0.05) is 43.3 Å². The van der Waals surface area contributed by atoms with Gasteiger partial charge in [0.25, 0.3) is 0 Å². The molecule has 4 bridgehead atoms. The van der Waals surface area contributed by atoms with E-state index >= 15 is 0 Å². The number of carbonyl (C=O) groups is 1. The smallest absolute Gasteiger partial charge is 0.224 e. The summed E-state index contributed by atoms with van der Waals surface area (Å²) in [6, 6.07) is 0. The summed E-state index contributed by atoms with van der Waals surface area (Å²) >= 11 is 0. The molecule has 1 amide bonds. The van der Waals surface area contributed by atoms with Gasteiger partial charge in [0.15, 0.2) is 0 Å². The van der Waals surface area contributed by atoms with E-state index in [2.05, 4.69) is 39.1 Å². The Balaban J connectivity index is 1.98. The van der Waals surface area contributed by atoms with Gasteiger partial charge in [0.1, 0.15) is 0 Å². The predicted molar refractivity (Wildman–Crippen MR) is 97.8 cm³/mol. The molecule has 0 aromatic rings. The Morgan fingerprint density at radius 2 is 1.83 bits per heavy atom. The molecule has 0 saturated heterocycles. The van der Waals surface area contributed by atoms with Crippen LogP contribution in [0.1, 0.15) is 46.0 Å². The highest BCUT2D eigenvalue weighted by molar-refractivity contribution is 6.61. The minimum atomic E-state index is -1.13. The number of hydrogen-bond donors (Lipinski definition) is 1. The van der Waals surface area contributed by atoms with Gasteiger partial charge in [0.2, 0.25) is 5.91 Å². The first-order valence-electron chi connectivity index (χ1n) is 9.52. The molecular weight excluding hydrogens is 298 g/mol. The van der Waals surface area contributed by atoms with Crippen LogP contribution >= 0.6 is 0 Å². The average molecular weight is 330 g/mol. The molecular formula is C20H31NOSi. The summed E-state index contributed by atoms with van der Waals surface area (Å²) in [5.41, 5.74) is 9.02. The lowest BCUT2D eigenvalue weighted by Gasteiger charge is -2.69. The molecule has 0 aliphatic heterocycles. The molecule has 4 unspecified atom stereocenters. The van der Waals surface area contributed by atoms with Gasteiger partial charge in [0, 0.05) is 13.8 Å². The zero-order chi connectivity index (χ0) is 16.6. The maximum atomic E-state index is 12.9. The van der Waals surface area contributed by atoms with Gasteiger partial charge in [-0.25, -0.2) is 0 Å². The molecule has 3 heteroatoms. The molecule has 5 aliphatic carbocycles. The number of rotatable bonds is 3. The molecule has 5 aliphatic rings. The first-order valence-corrected chi connectivity index (χ1v) is 12.4. The van der Waals surface area contributed by atoms with E-state index in [-0.39, 0.29) is 16.4 Å². The molecule has 0 aromatic carbocycles. The van der Waals surface area contributed by atoms with Crippen molar-refractivity contribution in [2.45, 2.75) is 64.1 Å². The minimum Gasteiger partial charge on any atom is -0.369 e. The molecule has 2 N–H and O–H groups in total. The Labute approximate surface area is 142 Å². The zero-order valence-corrected chi connectivity index (χ0v) is 16.2. The zero-order valence-electron chi connectivity index (χ0n) is 15.1. The summed E-state index contributed by atoms with van der Waals surface area (Å²) in [6.45, 7) is 9.57.